The third-order valence-corrected chi connectivity index (χ3v) is 5.88. The van der Waals surface area contributed by atoms with Crippen molar-refractivity contribution in [3.05, 3.63) is 41.7 Å². The number of rotatable bonds is 7. The average Bonchev–Trinajstić information content (AvgIpc) is 3.19. The first-order valence-corrected chi connectivity index (χ1v) is 10.5. The van der Waals surface area contributed by atoms with Crippen molar-refractivity contribution >= 4 is 15.8 Å². The number of halogens is 3. The van der Waals surface area contributed by atoms with Crippen LogP contribution in [0, 0.1) is 6.92 Å². The lowest BCUT2D eigenvalue weighted by molar-refractivity contribution is -0.139. The van der Waals surface area contributed by atoms with Crippen molar-refractivity contribution in [3.63, 3.8) is 0 Å². The molecule has 0 unspecified atom stereocenters. The fraction of sp³-hybridized carbons (Fsp3) is 0.444. The van der Waals surface area contributed by atoms with Crippen molar-refractivity contribution < 1.29 is 26.3 Å². The monoisotopic (exact) mass is 430 g/mol. The summed E-state index contributed by atoms with van der Waals surface area (Å²) in [6, 6.07) is 5.70. The second-order valence-corrected chi connectivity index (χ2v) is 8.28. The molecule has 0 saturated carbocycles. The van der Waals surface area contributed by atoms with Crippen molar-refractivity contribution in [2.24, 2.45) is 0 Å². The Labute approximate surface area is 167 Å². The van der Waals surface area contributed by atoms with Crippen LogP contribution in [0.1, 0.15) is 24.2 Å². The molecule has 1 aromatic carbocycles. The first-order valence-electron chi connectivity index (χ1n) is 9.06. The number of alkyl halides is 3. The zero-order valence-corrected chi connectivity index (χ0v) is 16.6. The van der Waals surface area contributed by atoms with E-state index in [4.69, 9.17) is 4.74 Å². The molecule has 1 aromatic heterocycles. The van der Waals surface area contributed by atoms with Gasteiger partial charge in [-0.15, -0.1) is 0 Å². The molecule has 2 aromatic rings. The second kappa shape index (κ2) is 8.54. The van der Waals surface area contributed by atoms with Gasteiger partial charge < -0.3 is 9.64 Å². The van der Waals surface area contributed by atoms with E-state index in [0.29, 0.717) is 5.82 Å². The van der Waals surface area contributed by atoms with Crippen molar-refractivity contribution in [1.29, 1.82) is 0 Å². The third kappa shape index (κ3) is 5.36. The fourth-order valence-electron chi connectivity index (χ4n) is 3.05. The molecule has 29 heavy (non-hydrogen) atoms. The van der Waals surface area contributed by atoms with Crippen molar-refractivity contribution in [3.8, 4) is 5.88 Å². The Morgan fingerprint density at radius 3 is 2.55 bits per heavy atom. The van der Waals surface area contributed by atoms with Gasteiger partial charge in [0.15, 0.2) is 0 Å². The number of anilines is 1. The first kappa shape index (κ1) is 21.3. The Morgan fingerprint density at radius 2 is 1.86 bits per heavy atom. The standard InChI is InChI=1S/C18H21F3N4O3S/c1-13-23-16(25-9-4-5-10-25)12-17(24-13)28-11-8-22-29(26,27)15-7-3-2-6-14(15)18(19,20)21/h2-3,6-7,12,22H,4-5,8-11H2,1H3. The number of hydrogen-bond acceptors (Lipinski definition) is 6. The topological polar surface area (TPSA) is 84.4 Å². The molecule has 0 amide bonds. The highest BCUT2D eigenvalue weighted by molar-refractivity contribution is 7.89. The van der Waals surface area contributed by atoms with Crippen molar-refractivity contribution in [2.45, 2.75) is 30.8 Å². The summed E-state index contributed by atoms with van der Waals surface area (Å²) in [6.45, 7) is 3.21. The lowest BCUT2D eigenvalue weighted by Gasteiger charge is -2.17. The number of aromatic nitrogens is 2. The van der Waals surface area contributed by atoms with E-state index in [2.05, 4.69) is 19.6 Å². The SMILES string of the molecule is Cc1nc(OCCNS(=O)(=O)c2ccccc2C(F)(F)F)cc(N2CCCC2)n1. The van der Waals surface area contributed by atoms with Crippen molar-refractivity contribution in [1.82, 2.24) is 14.7 Å². The zero-order chi connectivity index (χ0) is 21.1. The number of aryl methyl sites for hydroxylation is 1. The molecule has 0 radical (unpaired) electrons. The minimum atomic E-state index is -4.77. The van der Waals surface area contributed by atoms with Gasteiger partial charge in [-0.1, -0.05) is 12.1 Å². The minimum Gasteiger partial charge on any atom is -0.476 e. The summed E-state index contributed by atoms with van der Waals surface area (Å²) in [7, 11) is -4.35. The predicted molar refractivity (Wildman–Crippen MR) is 100 cm³/mol. The lowest BCUT2D eigenvalue weighted by Crippen LogP contribution is -2.30. The zero-order valence-electron chi connectivity index (χ0n) is 15.7. The fourth-order valence-corrected chi connectivity index (χ4v) is 4.29. The highest BCUT2D eigenvalue weighted by atomic mass is 32.2. The van der Waals surface area contributed by atoms with Gasteiger partial charge in [0.1, 0.15) is 18.2 Å². The third-order valence-electron chi connectivity index (χ3n) is 4.36. The van der Waals surface area contributed by atoms with Gasteiger partial charge >= 0.3 is 6.18 Å². The van der Waals surface area contributed by atoms with Gasteiger partial charge in [-0.2, -0.15) is 18.2 Å². The van der Waals surface area contributed by atoms with E-state index in [9.17, 15) is 21.6 Å². The Balaban J connectivity index is 1.62. The van der Waals surface area contributed by atoms with Crippen LogP contribution in [0.4, 0.5) is 19.0 Å². The first-order chi connectivity index (χ1) is 13.7. The average molecular weight is 430 g/mol. The number of nitrogens with zero attached hydrogens (tertiary/aromatic N) is 3. The number of benzene rings is 1. The van der Waals surface area contributed by atoms with E-state index in [1.807, 2.05) is 0 Å². The molecule has 0 aliphatic carbocycles. The Hall–Kier alpha value is -2.40. The minimum absolute atomic E-state index is 0.0939. The quantitative estimate of drug-likeness (QED) is 0.680. The Morgan fingerprint density at radius 1 is 1.17 bits per heavy atom. The molecule has 2 heterocycles. The van der Waals surface area contributed by atoms with Crippen LogP contribution >= 0.6 is 0 Å². The molecule has 158 valence electrons. The number of nitrogens with one attached hydrogen (secondary N) is 1. The van der Waals surface area contributed by atoms with Crippen LogP contribution in [0.15, 0.2) is 35.2 Å². The summed E-state index contributed by atoms with van der Waals surface area (Å²) in [5, 5.41) is 0. The summed E-state index contributed by atoms with van der Waals surface area (Å²) in [5.41, 5.74) is -1.21. The van der Waals surface area contributed by atoms with Crippen LogP contribution in [0.25, 0.3) is 0 Å². The maximum atomic E-state index is 13.1. The summed E-state index contributed by atoms with van der Waals surface area (Å²) >= 11 is 0. The molecular formula is C18H21F3N4O3S. The smallest absolute Gasteiger partial charge is 0.417 e. The lowest BCUT2D eigenvalue weighted by atomic mass is 10.2. The van der Waals surface area contributed by atoms with E-state index >= 15 is 0 Å². The summed E-state index contributed by atoms with van der Waals surface area (Å²) in [6.07, 6.45) is -2.60. The normalized spacial score (nSPS) is 15.0. The van der Waals surface area contributed by atoms with E-state index < -0.39 is 26.7 Å². The van der Waals surface area contributed by atoms with Gasteiger partial charge in [0.25, 0.3) is 0 Å². The highest BCUT2D eigenvalue weighted by Crippen LogP contribution is 2.33. The number of sulfonamides is 1. The number of hydrogen-bond donors (Lipinski definition) is 1. The molecule has 7 nitrogen and oxygen atoms in total. The summed E-state index contributed by atoms with van der Waals surface area (Å²) in [4.78, 5) is 9.82. The maximum Gasteiger partial charge on any atom is 0.417 e. The van der Waals surface area contributed by atoms with Crippen LogP contribution in [0.3, 0.4) is 0 Å². The largest absolute Gasteiger partial charge is 0.476 e. The van der Waals surface area contributed by atoms with Crippen LogP contribution in [-0.2, 0) is 16.2 Å². The molecule has 0 bridgehead atoms. The van der Waals surface area contributed by atoms with Crippen LogP contribution in [0.2, 0.25) is 0 Å². The molecule has 1 aliphatic heterocycles. The molecule has 3 rings (SSSR count). The van der Waals surface area contributed by atoms with E-state index in [1.54, 1.807) is 13.0 Å². The number of ether oxygens (including phenoxy) is 1. The molecule has 1 aliphatic rings. The molecular weight excluding hydrogens is 409 g/mol. The van der Waals surface area contributed by atoms with E-state index in [-0.39, 0.29) is 19.0 Å². The molecule has 1 saturated heterocycles. The summed E-state index contributed by atoms with van der Waals surface area (Å²) in [5.74, 6) is 1.54. The van der Waals surface area contributed by atoms with Gasteiger partial charge in [-0.25, -0.2) is 18.1 Å². The van der Waals surface area contributed by atoms with Gasteiger partial charge in [-0.3, -0.25) is 0 Å². The van der Waals surface area contributed by atoms with Crippen LogP contribution in [-0.4, -0.2) is 44.6 Å². The van der Waals surface area contributed by atoms with E-state index in [0.717, 1.165) is 49.9 Å². The highest BCUT2D eigenvalue weighted by Gasteiger charge is 2.36. The van der Waals surface area contributed by atoms with E-state index in [1.165, 1.54) is 6.07 Å². The van der Waals surface area contributed by atoms with Gasteiger partial charge in [0.05, 0.1) is 10.5 Å². The Kier molecular flexibility index (Phi) is 6.27. The van der Waals surface area contributed by atoms with Crippen LogP contribution in [0.5, 0.6) is 5.88 Å². The molecule has 1 N–H and O–H groups in total. The van der Waals surface area contributed by atoms with Gasteiger partial charge in [0, 0.05) is 25.7 Å². The predicted octanol–water partition coefficient (Wildman–Crippen LogP) is 2.76. The molecule has 0 atom stereocenters. The van der Waals surface area contributed by atoms with Gasteiger partial charge in [0.2, 0.25) is 15.9 Å². The van der Waals surface area contributed by atoms with Crippen molar-refractivity contribution in [2.75, 3.05) is 31.1 Å². The second-order valence-electron chi connectivity index (χ2n) is 6.55. The molecule has 1 fully saturated rings. The van der Waals surface area contributed by atoms with Crippen LogP contribution < -0.4 is 14.4 Å². The summed E-state index contributed by atoms with van der Waals surface area (Å²) < 4.78 is 71.4. The van der Waals surface area contributed by atoms with Gasteiger partial charge in [-0.05, 0) is 31.9 Å². The molecule has 11 heteroatoms. The Bertz CT molecular complexity index is 961. The maximum absolute atomic E-state index is 13.1. The molecule has 0 spiro atoms.